The third kappa shape index (κ3) is 6.07. The SMILES string of the molecule is COc1cc(C(=O)NCCN2CCCC[C@H]2CO)ccc1OC1CCN(C)CC1. The highest BCUT2D eigenvalue weighted by molar-refractivity contribution is 5.94. The Balaban J connectivity index is 1.52. The maximum Gasteiger partial charge on any atom is 0.251 e. The molecule has 0 aliphatic carbocycles. The van der Waals surface area contributed by atoms with Crippen LogP contribution in [0.3, 0.4) is 0 Å². The normalized spacial score (nSPS) is 21.7. The van der Waals surface area contributed by atoms with Gasteiger partial charge in [-0.1, -0.05) is 6.42 Å². The molecule has 2 aliphatic heterocycles. The summed E-state index contributed by atoms with van der Waals surface area (Å²) < 4.78 is 11.6. The van der Waals surface area contributed by atoms with Crippen LogP contribution in [0.25, 0.3) is 0 Å². The van der Waals surface area contributed by atoms with Crippen molar-refractivity contribution in [3.05, 3.63) is 23.8 Å². The fourth-order valence-electron chi connectivity index (χ4n) is 4.16. The van der Waals surface area contributed by atoms with Crippen LogP contribution in [0.5, 0.6) is 11.5 Å². The van der Waals surface area contributed by atoms with Gasteiger partial charge in [-0.05, 0) is 57.5 Å². The topological polar surface area (TPSA) is 74.3 Å². The molecule has 3 rings (SSSR count). The maximum absolute atomic E-state index is 12.6. The molecule has 2 aliphatic rings. The van der Waals surface area contributed by atoms with Gasteiger partial charge >= 0.3 is 0 Å². The average molecular weight is 406 g/mol. The molecular formula is C22H35N3O4. The number of benzene rings is 1. The van der Waals surface area contributed by atoms with Crippen molar-refractivity contribution >= 4 is 5.91 Å². The first-order valence-corrected chi connectivity index (χ1v) is 10.8. The smallest absolute Gasteiger partial charge is 0.251 e. The third-order valence-electron chi connectivity index (χ3n) is 6.03. The molecule has 0 spiro atoms. The number of aliphatic hydroxyl groups is 1. The van der Waals surface area contributed by atoms with Crippen molar-refractivity contribution in [2.45, 2.75) is 44.2 Å². The van der Waals surface area contributed by atoms with E-state index in [1.165, 1.54) is 6.42 Å². The van der Waals surface area contributed by atoms with Crippen LogP contribution in [-0.2, 0) is 0 Å². The van der Waals surface area contributed by atoms with Crippen LogP contribution in [0, 0.1) is 0 Å². The summed E-state index contributed by atoms with van der Waals surface area (Å²) in [6.45, 7) is 4.54. The van der Waals surface area contributed by atoms with E-state index in [0.29, 0.717) is 23.6 Å². The molecular weight excluding hydrogens is 370 g/mol. The second-order valence-corrected chi connectivity index (χ2v) is 8.11. The average Bonchev–Trinajstić information content (AvgIpc) is 2.75. The number of nitrogens with zero attached hydrogens (tertiary/aromatic N) is 2. The van der Waals surface area contributed by atoms with E-state index < -0.39 is 0 Å². The highest BCUT2D eigenvalue weighted by Crippen LogP contribution is 2.30. The summed E-state index contributed by atoms with van der Waals surface area (Å²) in [6.07, 6.45) is 5.52. The molecule has 2 saturated heterocycles. The maximum atomic E-state index is 12.6. The van der Waals surface area contributed by atoms with E-state index >= 15 is 0 Å². The minimum atomic E-state index is -0.119. The molecule has 0 saturated carbocycles. The van der Waals surface area contributed by atoms with Crippen LogP contribution in [0.1, 0.15) is 42.5 Å². The molecule has 0 aromatic heterocycles. The van der Waals surface area contributed by atoms with Gasteiger partial charge in [0.1, 0.15) is 6.10 Å². The lowest BCUT2D eigenvalue weighted by molar-refractivity contribution is 0.0849. The number of nitrogens with one attached hydrogen (secondary N) is 1. The molecule has 0 radical (unpaired) electrons. The molecule has 162 valence electrons. The van der Waals surface area contributed by atoms with Crippen molar-refractivity contribution in [3.63, 3.8) is 0 Å². The molecule has 7 heteroatoms. The van der Waals surface area contributed by atoms with Gasteiger partial charge in [0.05, 0.1) is 13.7 Å². The number of amides is 1. The van der Waals surface area contributed by atoms with Gasteiger partial charge in [0.15, 0.2) is 11.5 Å². The minimum absolute atomic E-state index is 0.119. The Morgan fingerprint density at radius 2 is 1.97 bits per heavy atom. The number of likely N-dealkylation sites (tertiary alicyclic amines) is 2. The summed E-state index contributed by atoms with van der Waals surface area (Å²) in [5.41, 5.74) is 0.565. The Kier molecular flexibility index (Phi) is 8.15. The molecule has 7 nitrogen and oxygen atoms in total. The van der Waals surface area contributed by atoms with Crippen LogP contribution in [0.15, 0.2) is 18.2 Å². The lowest BCUT2D eigenvalue weighted by atomic mass is 10.0. The Morgan fingerprint density at radius 1 is 1.17 bits per heavy atom. The molecule has 2 heterocycles. The van der Waals surface area contributed by atoms with Crippen molar-refractivity contribution in [1.29, 1.82) is 0 Å². The summed E-state index contributed by atoms with van der Waals surface area (Å²) in [5, 5.41) is 12.5. The van der Waals surface area contributed by atoms with Crippen LogP contribution in [0.4, 0.5) is 0 Å². The Morgan fingerprint density at radius 3 is 2.69 bits per heavy atom. The molecule has 0 bridgehead atoms. The van der Waals surface area contributed by atoms with E-state index in [1.807, 2.05) is 6.07 Å². The summed E-state index contributed by atoms with van der Waals surface area (Å²) >= 11 is 0. The Hall–Kier alpha value is -1.83. The lowest BCUT2D eigenvalue weighted by Crippen LogP contribution is -2.45. The molecule has 0 unspecified atom stereocenters. The molecule has 2 N–H and O–H groups in total. The van der Waals surface area contributed by atoms with E-state index in [9.17, 15) is 9.90 Å². The highest BCUT2D eigenvalue weighted by Gasteiger charge is 2.22. The monoisotopic (exact) mass is 405 g/mol. The lowest BCUT2D eigenvalue weighted by Gasteiger charge is -2.34. The zero-order chi connectivity index (χ0) is 20.6. The zero-order valence-corrected chi connectivity index (χ0v) is 17.7. The van der Waals surface area contributed by atoms with Crippen molar-refractivity contribution in [1.82, 2.24) is 15.1 Å². The third-order valence-corrected chi connectivity index (χ3v) is 6.03. The van der Waals surface area contributed by atoms with Crippen LogP contribution < -0.4 is 14.8 Å². The fourth-order valence-corrected chi connectivity index (χ4v) is 4.16. The van der Waals surface area contributed by atoms with E-state index in [0.717, 1.165) is 51.9 Å². The van der Waals surface area contributed by atoms with E-state index in [2.05, 4.69) is 22.2 Å². The zero-order valence-electron chi connectivity index (χ0n) is 17.7. The van der Waals surface area contributed by atoms with Gasteiger partial charge in [0.2, 0.25) is 0 Å². The van der Waals surface area contributed by atoms with Crippen LogP contribution >= 0.6 is 0 Å². The number of piperidine rings is 2. The number of rotatable bonds is 8. The quantitative estimate of drug-likeness (QED) is 0.686. The van der Waals surface area contributed by atoms with Gasteiger partial charge in [-0.25, -0.2) is 0 Å². The molecule has 1 atom stereocenters. The van der Waals surface area contributed by atoms with Crippen LogP contribution in [-0.4, -0.2) is 86.4 Å². The van der Waals surface area contributed by atoms with Gasteiger partial charge < -0.3 is 24.8 Å². The first-order chi connectivity index (χ1) is 14.1. The number of carbonyl (C=O) groups is 1. The first kappa shape index (κ1) is 21.9. The minimum Gasteiger partial charge on any atom is -0.493 e. The first-order valence-electron chi connectivity index (χ1n) is 10.8. The fraction of sp³-hybridized carbons (Fsp3) is 0.682. The van der Waals surface area contributed by atoms with Crippen molar-refractivity contribution in [3.8, 4) is 11.5 Å². The van der Waals surface area contributed by atoms with E-state index in [1.54, 1.807) is 19.2 Å². The highest BCUT2D eigenvalue weighted by atomic mass is 16.5. The molecule has 2 fully saturated rings. The van der Waals surface area contributed by atoms with Crippen molar-refractivity contribution in [2.75, 3.05) is 53.5 Å². The van der Waals surface area contributed by atoms with Crippen molar-refractivity contribution < 1.29 is 19.4 Å². The van der Waals surface area contributed by atoms with Crippen LogP contribution in [0.2, 0.25) is 0 Å². The number of methoxy groups -OCH3 is 1. The number of ether oxygens (including phenoxy) is 2. The second kappa shape index (κ2) is 10.8. The van der Waals surface area contributed by atoms with E-state index in [-0.39, 0.29) is 24.7 Å². The summed E-state index contributed by atoms with van der Waals surface area (Å²) in [6, 6.07) is 5.59. The van der Waals surface area contributed by atoms with Gasteiger partial charge in [-0.2, -0.15) is 0 Å². The Labute approximate surface area is 174 Å². The summed E-state index contributed by atoms with van der Waals surface area (Å²) in [7, 11) is 3.73. The summed E-state index contributed by atoms with van der Waals surface area (Å²) in [5.74, 6) is 1.16. The standard InChI is InChI=1S/C22H35N3O4/c1-24-12-8-19(9-13-24)29-20-7-6-17(15-21(20)28-2)22(27)23-10-14-25-11-4-3-5-18(25)16-26/h6-7,15,18-19,26H,3-5,8-14,16H2,1-2H3,(H,23,27)/t18-/m0/s1. The predicted octanol–water partition coefficient (Wildman–Crippen LogP) is 1.74. The number of hydrogen-bond donors (Lipinski definition) is 2. The predicted molar refractivity (Wildman–Crippen MR) is 113 cm³/mol. The molecule has 1 aromatic carbocycles. The summed E-state index contributed by atoms with van der Waals surface area (Å²) in [4.78, 5) is 17.1. The van der Waals surface area contributed by atoms with E-state index in [4.69, 9.17) is 9.47 Å². The molecule has 1 amide bonds. The van der Waals surface area contributed by atoms with Gasteiger partial charge in [0.25, 0.3) is 5.91 Å². The van der Waals surface area contributed by atoms with Gasteiger partial charge in [0, 0.05) is 37.8 Å². The van der Waals surface area contributed by atoms with Gasteiger partial charge in [-0.3, -0.25) is 9.69 Å². The molecule has 29 heavy (non-hydrogen) atoms. The largest absolute Gasteiger partial charge is 0.493 e. The van der Waals surface area contributed by atoms with Crippen molar-refractivity contribution in [2.24, 2.45) is 0 Å². The van der Waals surface area contributed by atoms with Gasteiger partial charge in [-0.15, -0.1) is 0 Å². The number of aliphatic hydroxyl groups excluding tert-OH is 1. The number of carbonyl (C=O) groups excluding carboxylic acids is 1. The molecule has 1 aromatic rings. The number of hydrogen-bond acceptors (Lipinski definition) is 6. The Bertz CT molecular complexity index is 661. The second-order valence-electron chi connectivity index (χ2n) is 8.11.